The third-order valence-corrected chi connectivity index (χ3v) is 6.10. The van der Waals surface area contributed by atoms with Crippen LogP contribution in [0.25, 0.3) is 0 Å². The molecular weight excluding hydrogens is 388 g/mol. The molecule has 0 amide bonds. The average molecular weight is 441 g/mol. The number of hydrogen-bond acceptors (Lipinski definition) is 4. The van der Waals surface area contributed by atoms with E-state index >= 15 is 0 Å². The summed E-state index contributed by atoms with van der Waals surface area (Å²) in [5.74, 6) is 0.391. The first kappa shape index (κ1) is 29.9. The maximum absolute atomic E-state index is 12.0. The van der Waals surface area contributed by atoms with Crippen molar-refractivity contribution in [2.45, 2.75) is 137 Å². The Morgan fingerprint density at radius 1 is 0.581 bits per heavy atom. The quantitative estimate of drug-likeness (QED) is 0.126. The summed E-state index contributed by atoms with van der Waals surface area (Å²) in [4.78, 5) is 23.2. The molecule has 0 aromatic rings. The Labute approximate surface area is 193 Å². The van der Waals surface area contributed by atoms with Crippen molar-refractivity contribution in [2.24, 2.45) is 11.8 Å². The van der Waals surface area contributed by atoms with E-state index in [1.165, 1.54) is 77.0 Å². The molecular formula is C27H52O4. The first-order valence-electron chi connectivity index (χ1n) is 13.3. The van der Waals surface area contributed by atoms with E-state index in [1.807, 2.05) is 13.8 Å². The van der Waals surface area contributed by atoms with Crippen molar-refractivity contribution in [3.63, 3.8) is 0 Å². The van der Waals surface area contributed by atoms with E-state index in [1.54, 1.807) is 0 Å². The fourth-order valence-corrected chi connectivity index (χ4v) is 4.14. The highest BCUT2D eigenvalue weighted by molar-refractivity contribution is 5.72. The van der Waals surface area contributed by atoms with Crippen molar-refractivity contribution in [1.82, 2.24) is 0 Å². The molecule has 31 heavy (non-hydrogen) atoms. The predicted molar refractivity (Wildman–Crippen MR) is 130 cm³/mol. The molecule has 0 rings (SSSR count). The molecule has 0 saturated heterocycles. The van der Waals surface area contributed by atoms with Crippen LogP contribution in [0.15, 0.2) is 0 Å². The smallest absolute Gasteiger partial charge is 0.309 e. The van der Waals surface area contributed by atoms with Crippen LogP contribution in [0.1, 0.15) is 137 Å². The van der Waals surface area contributed by atoms with Gasteiger partial charge in [-0.05, 0) is 32.6 Å². The van der Waals surface area contributed by atoms with Gasteiger partial charge < -0.3 is 9.47 Å². The van der Waals surface area contributed by atoms with Gasteiger partial charge in [0.2, 0.25) is 0 Å². The van der Waals surface area contributed by atoms with Crippen LogP contribution >= 0.6 is 0 Å². The van der Waals surface area contributed by atoms with Gasteiger partial charge in [-0.2, -0.15) is 0 Å². The third-order valence-electron chi connectivity index (χ3n) is 6.10. The predicted octanol–water partition coefficient (Wildman–Crippen LogP) is 8.02. The van der Waals surface area contributed by atoms with E-state index in [0.717, 1.165) is 25.7 Å². The first-order chi connectivity index (χ1) is 15.0. The molecule has 0 fully saturated rings. The lowest BCUT2D eigenvalue weighted by Gasteiger charge is -2.18. The fraction of sp³-hybridized carbons (Fsp3) is 0.926. The molecule has 184 valence electrons. The molecule has 0 bridgehead atoms. The molecule has 0 aliphatic rings. The summed E-state index contributed by atoms with van der Waals surface area (Å²) < 4.78 is 10.1. The third kappa shape index (κ3) is 19.4. The minimum atomic E-state index is -0.0451. The van der Waals surface area contributed by atoms with E-state index in [-0.39, 0.29) is 17.9 Å². The van der Waals surface area contributed by atoms with Crippen LogP contribution in [0.2, 0.25) is 0 Å². The maximum Gasteiger partial charge on any atom is 0.309 e. The molecule has 4 nitrogen and oxygen atoms in total. The van der Waals surface area contributed by atoms with Gasteiger partial charge in [0.25, 0.3) is 0 Å². The van der Waals surface area contributed by atoms with Crippen LogP contribution in [-0.2, 0) is 19.1 Å². The molecule has 0 N–H and O–H groups in total. The number of rotatable bonds is 22. The van der Waals surface area contributed by atoms with E-state index in [9.17, 15) is 9.59 Å². The molecule has 0 aromatic heterocycles. The summed E-state index contributed by atoms with van der Waals surface area (Å²) in [6.45, 7) is 8.97. The Bertz CT molecular complexity index is 419. The number of ether oxygens (including phenoxy) is 2. The first-order valence-corrected chi connectivity index (χ1v) is 13.3. The molecule has 4 heteroatoms. The minimum Gasteiger partial charge on any atom is -0.466 e. The van der Waals surface area contributed by atoms with Gasteiger partial charge in [0.1, 0.15) is 0 Å². The molecule has 0 saturated carbocycles. The fourth-order valence-electron chi connectivity index (χ4n) is 4.14. The topological polar surface area (TPSA) is 52.6 Å². The van der Waals surface area contributed by atoms with Crippen molar-refractivity contribution >= 4 is 11.9 Å². The normalized spacial score (nSPS) is 12.2. The SMILES string of the molecule is CCOC(=O)CCCCCCCCCCCCCCCCCC(C(=O)OCC)C(C)C. The molecule has 1 atom stereocenters. The molecule has 0 spiro atoms. The Morgan fingerprint density at radius 2 is 0.968 bits per heavy atom. The van der Waals surface area contributed by atoms with Gasteiger partial charge in [0.05, 0.1) is 19.1 Å². The van der Waals surface area contributed by atoms with Crippen LogP contribution in [0, 0.1) is 11.8 Å². The monoisotopic (exact) mass is 440 g/mol. The summed E-state index contributed by atoms with van der Waals surface area (Å²) in [5, 5.41) is 0. The molecule has 1 unspecified atom stereocenters. The van der Waals surface area contributed by atoms with Gasteiger partial charge in [-0.3, -0.25) is 9.59 Å². The summed E-state index contributed by atoms with van der Waals surface area (Å²) in [6.07, 6.45) is 20.8. The lowest BCUT2D eigenvalue weighted by Crippen LogP contribution is -2.22. The zero-order valence-corrected chi connectivity index (χ0v) is 21.2. The summed E-state index contributed by atoms with van der Waals surface area (Å²) in [5.41, 5.74) is 0. The van der Waals surface area contributed by atoms with Crippen molar-refractivity contribution in [1.29, 1.82) is 0 Å². The minimum absolute atomic E-state index is 0.00787. The molecule has 0 aliphatic carbocycles. The van der Waals surface area contributed by atoms with Crippen LogP contribution in [0.5, 0.6) is 0 Å². The zero-order valence-electron chi connectivity index (χ0n) is 21.2. The average Bonchev–Trinajstić information content (AvgIpc) is 2.73. The Balaban J connectivity index is 3.33. The highest BCUT2D eigenvalue weighted by Crippen LogP contribution is 2.21. The molecule has 0 heterocycles. The highest BCUT2D eigenvalue weighted by Gasteiger charge is 2.22. The Morgan fingerprint density at radius 3 is 1.35 bits per heavy atom. The molecule has 0 aromatic carbocycles. The van der Waals surface area contributed by atoms with Crippen LogP contribution in [0.3, 0.4) is 0 Å². The second-order valence-corrected chi connectivity index (χ2v) is 9.25. The Hall–Kier alpha value is -1.06. The summed E-state index contributed by atoms with van der Waals surface area (Å²) in [7, 11) is 0. The van der Waals surface area contributed by atoms with E-state index in [0.29, 0.717) is 25.6 Å². The number of carbonyl (C=O) groups is 2. The van der Waals surface area contributed by atoms with Crippen molar-refractivity contribution in [2.75, 3.05) is 13.2 Å². The van der Waals surface area contributed by atoms with Gasteiger partial charge in [0, 0.05) is 6.42 Å². The van der Waals surface area contributed by atoms with Gasteiger partial charge in [-0.15, -0.1) is 0 Å². The van der Waals surface area contributed by atoms with Crippen LogP contribution in [0.4, 0.5) is 0 Å². The van der Waals surface area contributed by atoms with Crippen molar-refractivity contribution in [3.8, 4) is 0 Å². The van der Waals surface area contributed by atoms with Crippen LogP contribution < -0.4 is 0 Å². The van der Waals surface area contributed by atoms with Gasteiger partial charge in [0.15, 0.2) is 0 Å². The van der Waals surface area contributed by atoms with Crippen molar-refractivity contribution < 1.29 is 19.1 Å². The number of hydrogen-bond donors (Lipinski definition) is 0. The molecule has 0 aliphatic heterocycles. The van der Waals surface area contributed by atoms with Gasteiger partial charge in [-0.1, -0.05) is 104 Å². The van der Waals surface area contributed by atoms with Gasteiger partial charge in [-0.25, -0.2) is 0 Å². The number of carbonyl (C=O) groups excluding carboxylic acids is 2. The maximum atomic E-state index is 12.0. The summed E-state index contributed by atoms with van der Waals surface area (Å²) in [6, 6.07) is 0. The highest BCUT2D eigenvalue weighted by atomic mass is 16.5. The largest absolute Gasteiger partial charge is 0.466 e. The van der Waals surface area contributed by atoms with Gasteiger partial charge >= 0.3 is 11.9 Å². The standard InChI is InChI=1S/C27H52O4/c1-5-30-26(28)23-21-19-17-15-13-11-9-7-8-10-12-14-16-18-20-22-25(24(3)4)27(29)31-6-2/h24-25H,5-23H2,1-4H3. The molecule has 0 radical (unpaired) electrons. The second kappa shape index (κ2) is 22.1. The zero-order chi connectivity index (χ0) is 23.2. The lowest BCUT2D eigenvalue weighted by atomic mass is 9.90. The lowest BCUT2D eigenvalue weighted by molar-refractivity contribution is -0.150. The second-order valence-electron chi connectivity index (χ2n) is 9.25. The number of unbranched alkanes of at least 4 members (excludes halogenated alkanes) is 14. The van der Waals surface area contributed by atoms with E-state index in [4.69, 9.17) is 9.47 Å². The summed E-state index contributed by atoms with van der Waals surface area (Å²) >= 11 is 0. The van der Waals surface area contributed by atoms with Crippen LogP contribution in [-0.4, -0.2) is 25.2 Å². The van der Waals surface area contributed by atoms with Crippen molar-refractivity contribution in [3.05, 3.63) is 0 Å². The van der Waals surface area contributed by atoms with E-state index in [2.05, 4.69) is 13.8 Å². The number of esters is 2. The Kier molecular flexibility index (Phi) is 21.4. The van der Waals surface area contributed by atoms with E-state index < -0.39 is 0 Å².